The lowest BCUT2D eigenvalue weighted by atomic mass is 10.0. The Bertz CT molecular complexity index is 958. The van der Waals surface area contributed by atoms with Gasteiger partial charge in [-0.15, -0.1) is 11.3 Å². The molecule has 0 radical (unpaired) electrons. The summed E-state index contributed by atoms with van der Waals surface area (Å²) in [7, 11) is 0. The maximum atomic E-state index is 12.7. The largest absolute Gasteiger partial charge is 0.326 e. The number of amides is 1. The van der Waals surface area contributed by atoms with Crippen molar-refractivity contribution in [3.05, 3.63) is 87.6 Å². The van der Waals surface area contributed by atoms with Crippen LogP contribution in [0.1, 0.15) is 41.5 Å². The van der Waals surface area contributed by atoms with E-state index < -0.39 is 0 Å². The molecule has 0 bridgehead atoms. The molecule has 3 aromatic rings. The van der Waals surface area contributed by atoms with Gasteiger partial charge in [-0.2, -0.15) is 5.26 Å². The number of anilines is 1. The summed E-state index contributed by atoms with van der Waals surface area (Å²) in [5, 5.41) is 16.1. The maximum absolute atomic E-state index is 12.7. The highest BCUT2D eigenvalue weighted by Crippen LogP contribution is 2.23. The number of thiophene rings is 1. The normalized spacial score (nSPS) is 12.8. The van der Waals surface area contributed by atoms with E-state index in [2.05, 4.69) is 59.3 Å². The maximum Gasteiger partial charge on any atom is 0.282 e. The molecule has 5 heteroatoms. The number of hydrogen-bond acceptors (Lipinski definition) is 3. The summed E-state index contributed by atoms with van der Waals surface area (Å²) in [5.74, 6) is -0.0816. The zero-order valence-corrected chi connectivity index (χ0v) is 16.9. The van der Waals surface area contributed by atoms with Gasteiger partial charge in [0, 0.05) is 11.3 Å². The topological polar surface area (TPSA) is 69.5 Å². The van der Waals surface area contributed by atoms with Crippen molar-refractivity contribution in [2.24, 2.45) is 0 Å². The van der Waals surface area contributed by atoms with Gasteiger partial charge in [-0.05, 0) is 48.6 Å². The van der Waals surface area contributed by atoms with Gasteiger partial charge < -0.3 is 10.6 Å². The molecule has 0 saturated heterocycles. The fraction of sp³-hybridized carbons (Fsp3) is 0.217. The molecular weight excluding hydrogens is 366 g/mol. The molecule has 142 valence electrons. The molecule has 0 fully saturated rings. The summed E-state index contributed by atoms with van der Waals surface area (Å²) < 4.78 is 0. The minimum atomic E-state index is -0.288. The zero-order valence-electron chi connectivity index (χ0n) is 16.1. The van der Waals surface area contributed by atoms with Crippen molar-refractivity contribution in [3.63, 3.8) is 0 Å². The summed E-state index contributed by atoms with van der Waals surface area (Å²) in [6.07, 6.45) is 1.01. The van der Waals surface area contributed by atoms with Crippen LogP contribution in [0, 0.1) is 11.3 Å². The molecule has 0 aliphatic rings. The molecule has 0 aliphatic heterocycles. The van der Waals surface area contributed by atoms with Gasteiger partial charge in [0.25, 0.3) is 5.91 Å². The Morgan fingerprint density at radius 2 is 1.96 bits per heavy atom. The molecule has 1 heterocycles. The van der Waals surface area contributed by atoms with E-state index in [0.29, 0.717) is 11.3 Å². The number of nitrogens with two attached hydrogens (primary N) is 1. The van der Waals surface area contributed by atoms with Crippen molar-refractivity contribution >= 4 is 22.9 Å². The first-order chi connectivity index (χ1) is 13.6. The highest BCUT2D eigenvalue weighted by molar-refractivity contribution is 7.10. The number of quaternary nitrogens is 1. The van der Waals surface area contributed by atoms with Crippen LogP contribution >= 0.6 is 11.3 Å². The number of carbonyl (C=O) groups excluding carboxylic acids is 1. The molecule has 0 unspecified atom stereocenters. The lowest BCUT2D eigenvalue weighted by Crippen LogP contribution is -2.92. The molecule has 4 nitrogen and oxygen atoms in total. The highest BCUT2D eigenvalue weighted by atomic mass is 32.1. The summed E-state index contributed by atoms with van der Waals surface area (Å²) in [4.78, 5) is 13.9. The fourth-order valence-electron chi connectivity index (χ4n) is 3.10. The van der Waals surface area contributed by atoms with Crippen LogP contribution in [0.5, 0.6) is 0 Å². The summed E-state index contributed by atoms with van der Waals surface area (Å²) in [6, 6.07) is 21.6. The van der Waals surface area contributed by atoms with Crippen molar-refractivity contribution in [3.8, 4) is 6.07 Å². The summed E-state index contributed by atoms with van der Waals surface area (Å²) in [5.41, 5.74) is 3.66. The number of hydrogen-bond donors (Lipinski definition) is 2. The molecule has 0 saturated carbocycles. The van der Waals surface area contributed by atoms with Crippen LogP contribution in [-0.4, -0.2) is 11.9 Å². The third kappa shape index (κ3) is 4.86. The smallest absolute Gasteiger partial charge is 0.282 e. The van der Waals surface area contributed by atoms with Crippen LogP contribution in [0.3, 0.4) is 0 Å². The first-order valence-corrected chi connectivity index (χ1v) is 10.3. The first-order valence-electron chi connectivity index (χ1n) is 9.39. The molecule has 1 amide bonds. The highest BCUT2D eigenvalue weighted by Gasteiger charge is 2.25. The van der Waals surface area contributed by atoms with Crippen LogP contribution in [0.2, 0.25) is 0 Å². The Labute approximate surface area is 169 Å². The minimum Gasteiger partial charge on any atom is -0.326 e. The van der Waals surface area contributed by atoms with Crippen LogP contribution < -0.4 is 10.6 Å². The van der Waals surface area contributed by atoms with Crippen molar-refractivity contribution in [2.45, 2.75) is 32.4 Å². The molecule has 2 atom stereocenters. The summed E-state index contributed by atoms with van der Waals surface area (Å²) >= 11 is 1.70. The number of carbonyl (C=O) groups is 1. The monoisotopic (exact) mass is 390 g/mol. The van der Waals surface area contributed by atoms with E-state index in [1.54, 1.807) is 35.6 Å². The van der Waals surface area contributed by atoms with Crippen molar-refractivity contribution in [1.29, 1.82) is 5.26 Å². The number of nitriles is 1. The third-order valence-electron chi connectivity index (χ3n) is 4.75. The molecule has 3 rings (SSSR count). The zero-order chi connectivity index (χ0) is 19.9. The second-order valence-corrected chi connectivity index (χ2v) is 7.73. The Hall–Kier alpha value is -2.94. The van der Waals surface area contributed by atoms with Crippen molar-refractivity contribution in [1.82, 2.24) is 0 Å². The lowest BCUT2D eigenvalue weighted by Gasteiger charge is -2.20. The van der Waals surface area contributed by atoms with Crippen molar-refractivity contribution < 1.29 is 10.1 Å². The predicted molar refractivity (Wildman–Crippen MR) is 113 cm³/mol. The van der Waals surface area contributed by atoms with Gasteiger partial charge in [-0.25, -0.2) is 0 Å². The van der Waals surface area contributed by atoms with Crippen LogP contribution in [0.25, 0.3) is 0 Å². The molecular formula is C23H24N3OS+. The molecule has 1 aromatic heterocycles. The number of aryl methyl sites for hydroxylation is 1. The Kier molecular flexibility index (Phi) is 6.59. The van der Waals surface area contributed by atoms with Crippen molar-refractivity contribution in [2.75, 3.05) is 5.32 Å². The quantitative estimate of drug-likeness (QED) is 0.643. The van der Waals surface area contributed by atoms with Crippen LogP contribution in [0.4, 0.5) is 5.69 Å². The Morgan fingerprint density at radius 1 is 1.18 bits per heavy atom. The fourth-order valence-corrected chi connectivity index (χ4v) is 3.93. The molecule has 0 aliphatic carbocycles. The van der Waals surface area contributed by atoms with Gasteiger partial charge in [-0.1, -0.05) is 43.3 Å². The average Bonchev–Trinajstić information content (AvgIpc) is 3.26. The van der Waals surface area contributed by atoms with E-state index in [9.17, 15) is 4.79 Å². The predicted octanol–water partition coefficient (Wildman–Crippen LogP) is 3.86. The summed E-state index contributed by atoms with van der Waals surface area (Å²) in [6.45, 7) is 4.05. The number of nitrogens with one attached hydrogen (secondary N) is 1. The second kappa shape index (κ2) is 9.32. The SMILES string of the molecule is CCc1ccc([C@@H]([NH2+][C@@H](C)C(=O)Nc2cccc(C#N)c2)c2cccs2)cc1. The third-order valence-corrected chi connectivity index (χ3v) is 5.71. The number of benzene rings is 2. The first kappa shape index (κ1) is 19.8. The van der Waals surface area contributed by atoms with Gasteiger partial charge in [-0.3, -0.25) is 4.79 Å². The van der Waals surface area contributed by atoms with E-state index in [-0.39, 0.29) is 18.0 Å². The van der Waals surface area contributed by atoms with Gasteiger partial charge in [0.1, 0.15) is 6.04 Å². The minimum absolute atomic E-state index is 0.0668. The standard InChI is InChI=1S/C23H23N3OS/c1-3-17-9-11-19(12-10-17)22(21-8-5-13-28-21)25-16(2)23(27)26-20-7-4-6-18(14-20)15-24/h4-14,16,22,25H,3H2,1-2H3,(H,26,27)/p+1/t16-,22+/m0/s1. The number of rotatable bonds is 7. The van der Waals surface area contributed by atoms with Gasteiger partial charge in [0.05, 0.1) is 16.5 Å². The molecule has 3 N–H and O–H groups in total. The average molecular weight is 391 g/mol. The number of nitrogens with zero attached hydrogens (tertiary/aromatic N) is 1. The second-order valence-electron chi connectivity index (χ2n) is 6.75. The lowest BCUT2D eigenvalue weighted by molar-refractivity contribution is -0.703. The van der Waals surface area contributed by atoms with E-state index in [1.165, 1.54) is 16.0 Å². The van der Waals surface area contributed by atoms with Gasteiger partial charge in [0.2, 0.25) is 0 Å². The molecule has 2 aromatic carbocycles. The van der Waals surface area contributed by atoms with Gasteiger partial charge in [0.15, 0.2) is 6.04 Å². The Balaban J connectivity index is 1.76. The van der Waals surface area contributed by atoms with E-state index in [1.807, 2.05) is 13.0 Å². The van der Waals surface area contributed by atoms with E-state index in [4.69, 9.17) is 5.26 Å². The van der Waals surface area contributed by atoms with Gasteiger partial charge >= 0.3 is 0 Å². The van der Waals surface area contributed by atoms with E-state index >= 15 is 0 Å². The molecule has 0 spiro atoms. The van der Waals surface area contributed by atoms with Crippen LogP contribution in [-0.2, 0) is 11.2 Å². The van der Waals surface area contributed by atoms with E-state index in [0.717, 1.165) is 6.42 Å². The van der Waals surface area contributed by atoms with Crippen LogP contribution in [0.15, 0.2) is 66.0 Å². The Morgan fingerprint density at radius 3 is 2.61 bits per heavy atom. The molecule has 28 heavy (non-hydrogen) atoms.